The van der Waals surface area contributed by atoms with Crippen molar-refractivity contribution in [1.82, 2.24) is 4.90 Å². The minimum Gasteiger partial charge on any atom is -0.307 e. The highest BCUT2D eigenvalue weighted by molar-refractivity contribution is 6.14. The van der Waals surface area contributed by atoms with Gasteiger partial charge in [-0.05, 0) is 18.5 Å². The number of hydrogen-bond donors (Lipinski definition) is 0. The van der Waals surface area contributed by atoms with Gasteiger partial charge in [0.05, 0.1) is 0 Å². The van der Waals surface area contributed by atoms with Crippen molar-refractivity contribution in [1.29, 1.82) is 0 Å². The highest BCUT2D eigenvalue weighted by Gasteiger charge is 2.16. The van der Waals surface area contributed by atoms with Crippen LogP contribution in [-0.4, -0.2) is 31.3 Å². The maximum atomic E-state index is 2.44. The third-order valence-electron chi connectivity index (χ3n) is 1.71. The van der Waals surface area contributed by atoms with E-state index in [0.717, 1.165) is 13.1 Å². The summed E-state index contributed by atoms with van der Waals surface area (Å²) < 4.78 is 0. The van der Waals surface area contributed by atoms with E-state index in [-0.39, 0.29) is 0 Å². The zero-order valence-corrected chi connectivity index (χ0v) is 7.36. The molecule has 2 heteroatoms. The average Bonchev–Trinajstić information content (AvgIpc) is 1.65. The van der Waals surface area contributed by atoms with Gasteiger partial charge in [-0.15, -0.1) is 0 Å². The SMILES string of the molecule is BC(C)(C)N(CC)CC. The molecule has 0 aromatic rings. The Morgan fingerprint density at radius 1 is 1.22 bits per heavy atom. The lowest BCUT2D eigenvalue weighted by Crippen LogP contribution is -2.43. The van der Waals surface area contributed by atoms with E-state index in [1.54, 1.807) is 0 Å². The first-order chi connectivity index (χ1) is 4.02. The van der Waals surface area contributed by atoms with Crippen molar-refractivity contribution in [3.05, 3.63) is 0 Å². The van der Waals surface area contributed by atoms with Gasteiger partial charge < -0.3 is 4.90 Å². The van der Waals surface area contributed by atoms with Gasteiger partial charge in [-0.25, -0.2) is 0 Å². The van der Waals surface area contributed by atoms with Crippen molar-refractivity contribution in [3.8, 4) is 0 Å². The Morgan fingerprint density at radius 2 is 1.56 bits per heavy atom. The maximum absolute atomic E-state index is 2.44. The Balaban J connectivity index is 3.79. The predicted octanol–water partition coefficient (Wildman–Crippen LogP) is 0.697. The maximum Gasteiger partial charge on any atom is 0.127 e. The fourth-order valence-corrected chi connectivity index (χ4v) is 1.17. The fourth-order valence-electron chi connectivity index (χ4n) is 1.17. The van der Waals surface area contributed by atoms with E-state index in [1.165, 1.54) is 0 Å². The molecule has 0 fully saturated rings. The van der Waals surface area contributed by atoms with Crippen LogP contribution in [0.15, 0.2) is 0 Å². The molecule has 0 N–H and O–H groups in total. The zero-order chi connectivity index (χ0) is 7.49. The summed E-state index contributed by atoms with van der Waals surface area (Å²) in [6, 6.07) is 0. The molecule has 0 radical (unpaired) electrons. The quantitative estimate of drug-likeness (QED) is 0.504. The normalized spacial score (nSPS) is 12.6. The van der Waals surface area contributed by atoms with E-state index in [2.05, 4.69) is 40.4 Å². The summed E-state index contributed by atoms with van der Waals surface area (Å²) in [5, 5.41) is 0. The highest BCUT2D eigenvalue weighted by Crippen LogP contribution is 2.06. The molecule has 0 aromatic carbocycles. The lowest BCUT2D eigenvalue weighted by molar-refractivity contribution is 0.211. The fraction of sp³-hybridized carbons (Fsp3) is 1.00. The lowest BCUT2D eigenvalue weighted by Gasteiger charge is -2.33. The smallest absolute Gasteiger partial charge is 0.127 e. The molecule has 0 heterocycles. The number of nitrogens with zero attached hydrogens (tertiary/aromatic N) is 1. The highest BCUT2D eigenvalue weighted by atomic mass is 15.2. The van der Waals surface area contributed by atoms with Crippen LogP contribution in [0.2, 0.25) is 0 Å². The van der Waals surface area contributed by atoms with Crippen molar-refractivity contribution in [2.45, 2.75) is 33.1 Å². The van der Waals surface area contributed by atoms with Crippen LogP contribution >= 0.6 is 0 Å². The molecule has 0 amide bonds. The first-order valence-corrected chi connectivity index (χ1v) is 3.77. The van der Waals surface area contributed by atoms with Gasteiger partial charge in [0.15, 0.2) is 0 Å². The molecule has 0 atom stereocenters. The van der Waals surface area contributed by atoms with Gasteiger partial charge in [0.2, 0.25) is 0 Å². The van der Waals surface area contributed by atoms with E-state index in [9.17, 15) is 0 Å². The summed E-state index contributed by atoms with van der Waals surface area (Å²) >= 11 is 0. The molecule has 0 aliphatic rings. The molecule has 0 aliphatic heterocycles. The van der Waals surface area contributed by atoms with Gasteiger partial charge in [0.25, 0.3) is 0 Å². The molecule has 0 rings (SSSR count). The second-order valence-corrected chi connectivity index (χ2v) is 3.34. The van der Waals surface area contributed by atoms with Crippen LogP contribution in [0, 0.1) is 0 Å². The van der Waals surface area contributed by atoms with Gasteiger partial charge >= 0.3 is 0 Å². The molecule has 0 saturated heterocycles. The van der Waals surface area contributed by atoms with Crippen LogP contribution in [-0.2, 0) is 0 Å². The number of hydrogen-bond acceptors (Lipinski definition) is 1. The van der Waals surface area contributed by atoms with Crippen LogP contribution in [0.25, 0.3) is 0 Å². The molecular formula is C7H18BN. The zero-order valence-electron chi connectivity index (χ0n) is 7.36. The van der Waals surface area contributed by atoms with E-state index < -0.39 is 0 Å². The summed E-state index contributed by atoms with van der Waals surface area (Å²) in [6.07, 6.45) is 0. The van der Waals surface area contributed by atoms with Crippen molar-refractivity contribution in [3.63, 3.8) is 0 Å². The van der Waals surface area contributed by atoms with Gasteiger partial charge in [-0.1, -0.05) is 27.7 Å². The first kappa shape index (κ1) is 9.02. The average molecular weight is 127 g/mol. The molecule has 0 aliphatic carbocycles. The topological polar surface area (TPSA) is 3.24 Å². The summed E-state index contributed by atoms with van der Waals surface area (Å²) in [6.45, 7) is 11.2. The van der Waals surface area contributed by atoms with E-state index >= 15 is 0 Å². The second kappa shape index (κ2) is 3.26. The van der Waals surface area contributed by atoms with Crippen molar-refractivity contribution in [2.75, 3.05) is 13.1 Å². The molecule has 0 bridgehead atoms. The molecule has 9 heavy (non-hydrogen) atoms. The molecule has 0 saturated carbocycles. The number of rotatable bonds is 3. The van der Waals surface area contributed by atoms with Crippen molar-refractivity contribution >= 4 is 7.85 Å². The Kier molecular flexibility index (Phi) is 3.27. The molecule has 0 aromatic heterocycles. The predicted molar refractivity (Wildman–Crippen MR) is 45.5 cm³/mol. The van der Waals surface area contributed by atoms with Crippen molar-refractivity contribution < 1.29 is 0 Å². The largest absolute Gasteiger partial charge is 0.307 e. The van der Waals surface area contributed by atoms with Crippen molar-refractivity contribution in [2.24, 2.45) is 0 Å². The van der Waals surface area contributed by atoms with Crippen LogP contribution < -0.4 is 0 Å². The van der Waals surface area contributed by atoms with Crippen LogP contribution in [0.1, 0.15) is 27.7 Å². The molecular weight excluding hydrogens is 109 g/mol. The molecule has 1 nitrogen and oxygen atoms in total. The summed E-state index contributed by atoms with van der Waals surface area (Å²) in [5.41, 5.74) is 0.351. The van der Waals surface area contributed by atoms with E-state index in [4.69, 9.17) is 0 Å². The van der Waals surface area contributed by atoms with Crippen LogP contribution in [0.3, 0.4) is 0 Å². The van der Waals surface area contributed by atoms with E-state index in [0.29, 0.717) is 5.44 Å². The molecule has 0 spiro atoms. The molecule has 0 unspecified atom stereocenters. The van der Waals surface area contributed by atoms with Gasteiger partial charge in [0.1, 0.15) is 7.85 Å². The van der Waals surface area contributed by atoms with Crippen LogP contribution in [0.4, 0.5) is 0 Å². The summed E-state index contributed by atoms with van der Waals surface area (Å²) in [4.78, 5) is 2.44. The third kappa shape index (κ3) is 2.90. The summed E-state index contributed by atoms with van der Waals surface area (Å²) in [7, 11) is 2.25. The summed E-state index contributed by atoms with van der Waals surface area (Å²) in [5.74, 6) is 0. The Labute approximate surface area is 59.8 Å². The first-order valence-electron chi connectivity index (χ1n) is 3.77. The minimum absolute atomic E-state index is 0.351. The Hall–Kier alpha value is 0.0249. The van der Waals surface area contributed by atoms with E-state index in [1.807, 2.05) is 0 Å². The second-order valence-electron chi connectivity index (χ2n) is 3.34. The Morgan fingerprint density at radius 3 is 1.56 bits per heavy atom. The van der Waals surface area contributed by atoms with Gasteiger partial charge in [-0.3, -0.25) is 0 Å². The Bertz CT molecular complexity index is 71.5. The third-order valence-corrected chi connectivity index (χ3v) is 1.71. The lowest BCUT2D eigenvalue weighted by atomic mass is 9.80. The molecule has 54 valence electrons. The van der Waals surface area contributed by atoms with Crippen LogP contribution in [0.5, 0.6) is 0 Å². The monoisotopic (exact) mass is 127 g/mol. The van der Waals surface area contributed by atoms with Gasteiger partial charge in [0, 0.05) is 0 Å². The minimum atomic E-state index is 0.351. The standard InChI is InChI=1S/C7H18BN/c1-5-9(6-2)7(3,4)8/h5-6,8H2,1-4H3. The van der Waals surface area contributed by atoms with Gasteiger partial charge in [-0.2, -0.15) is 0 Å².